The van der Waals surface area contributed by atoms with Gasteiger partial charge in [-0.3, -0.25) is 0 Å². The Labute approximate surface area is 137 Å². The van der Waals surface area contributed by atoms with Crippen molar-refractivity contribution in [3.8, 4) is 0 Å². The number of nitrogens with zero attached hydrogens (tertiary/aromatic N) is 3. The van der Waals surface area contributed by atoms with E-state index in [2.05, 4.69) is 16.8 Å². The quantitative estimate of drug-likeness (QED) is 0.860. The third-order valence-electron chi connectivity index (χ3n) is 4.80. The first kappa shape index (κ1) is 15.9. The molecule has 6 nitrogen and oxygen atoms in total. The Kier molecular flexibility index (Phi) is 3.86. The summed E-state index contributed by atoms with van der Waals surface area (Å²) in [5, 5.41) is 0. The van der Waals surface area contributed by atoms with Crippen molar-refractivity contribution in [3.05, 3.63) is 18.3 Å². The van der Waals surface area contributed by atoms with Crippen LogP contribution in [0.5, 0.6) is 0 Å². The molecule has 126 valence electrons. The molecular formula is C17H26N4O2. The van der Waals surface area contributed by atoms with Crippen LogP contribution in [0.1, 0.15) is 27.7 Å². The van der Waals surface area contributed by atoms with Gasteiger partial charge in [-0.25, -0.2) is 9.78 Å². The van der Waals surface area contributed by atoms with Gasteiger partial charge in [0.2, 0.25) is 0 Å². The highest BCUT2D eigenvalue weighted by Crippen LogP contribution is 2.38. The average Bonchev–Trinajstić information content (AvgIpc) is 2.65. The van der Waals surface area contributed by atoms with Crippen molar-refractivity contribution < 1.29 is 9.53 Å². The molecule has 3 atom stereocenters. The molecule has 0 aromatic carbocycles. The Morgan fingerprint density at radius 2 is 2.04 bits per heavy atom. The fraction of sp³-hybridized carbons (Fsp3) is 0.647. The molecule has 0 radical (unpaired) electrons. The lowest BCUT2D eigenvalue weighted by Gasteiger charge is -2.38. The highest BCUT2D eigenvalue weighted by molar-refractivity contribution is 5.69. The Morgan fingerprint density at radius 3 is 2.65 bits per heavy atom. The SMILES string of the molecule is CC1C2CN(C(=O)OC(C)(C)C)CC1N(c1ccc(N)nc1)C2. The van der Waals surface area contributed by atoms with Crippen LogP contribution in [-0.2, 0) is 4.74 Å². The van der Waals surface area contributed by atoms with Gasteiger partial charge in [-0.05, 0) is 44.7 Å². The van der Waals surface area contributed by atoms with Gasteiger partial charge in [0.1, 0.15) is 11.4 Å². The molecule has 0 aliphatic carbocycles. The van der Waals surface area contributed by atoms with E-state index in [-0.39, 0.29) is 6.09 Å². The smallest absolute Gasteiger partial charge is 0.410 e. The van der Waals surface area contributed by atoms with E-state index in [9.17, 15) is 4.79 Å². The van der Waals surface area contributed by atoms with Crippen molar-refractivity contribution >= 4 is 17.6 Å². The van der Waals surface area contributed by atoms with Crippen LogP contribution in [0.4, 0.5) is 16.3 Å². The molecule has 2 N–H and O–H groups in total. The third-order valence-corrected chi connectivity index (χ3v) is 4.80. The predicted octanol–water partition coefficient (Wildman–Crippen LogP) is 2.36. The number of rotatable bonds is 1. The molecule has 23 heavy (non-hydrogen) atoms. The second-order valence-corrected chi connectivity index (χ2v) is 7.67. The zero-order valence-corrected chi connectivity index (χ0v) is 14.3. The number of amides is 1. The van der Waals surface area contributed by atoms with Gasteiger partial charge in [0.15, 0.2) is 0 Å². The maximum atomic E-state index is 12.4. The Hall–Kier alpha value is -1.98. The molecule has 6 heteroatoms. The summed E-state index contributed by atoms with van der Waals surface area (Å²) in [6, 6.07) is 4.13. The molecule has 2 saturated heterocycles. The number of hydrogen-bond donors (Lipinski definition) is 1. The van der Waals surface area contributed by atoms with E-state index >= 15 is 0 Å². The monoisotopic (exact) mass is 318 g/mol. The lowest BCUT2D eigenvalue weighted by molar-refractivity contribution is 0.0144. The highest BCUT2D eigenvalue weighted by atomic mass is 16.6. The minimum Gasteiger partial charge on any atom is -0.444 e. The van der Waals surface area contributed by atoms with Crippen molar-refractivity contribution in [2.24, 2.45) is 11.8 Å². The summed E-state index contributed by atoms with van der Waals surface area (Å²) in [7, 11) is 0. The fourth-order valence-corrected chi connectivity index (χ4v) is 3.56. The second kappa shape index (κ2) is 5.58. The molecule has 3 rings (SSSR count). The number of likely N-dealkylation sites (tertiary alicyclic amines) is 1. The first-order valence-electron chi connectivity index (χ1n) is 8.21. The lowest BCUT2D eigenvalue weighted by Crippen LogP contribution is -2.50. The molecule has 2 fully saturated rings. The van der Waals surface area contributed by atoms with Crippen LogP contribution in [0.3, 0.4) is 0 Å². The van der Waals surface area contributed by atoms with E-state index in [0.29, 0.717) is 30.2 Å². The number of carbonyl (C=O) groups excluding carboxylic acids is 1. The number of anilines is 2. The Balaban J connectivity index is 1.75. The Morgan fingerprint density at radius 1 is 1.30 bits per heavy atom. The molecule has 0 saturated carbocycles. The summed E-state index contributed by atoms with van der Waals surface area (Å²) >= 11 is 0. The molecule has 0 spiro atoms. The molecule has 3 unspecified atom stereocenters. The Bertz CT molecular complexity index is 581. The third kappa shape index (κ3) is 3.21. The second-order valence-electron chi connectivity index (χ2n) is 7.67. The number of aromatic nitrogens is 1. The van der Waals surface area contributed by atoms with E-state index in [1.165, 1.54) is 0 Å². The van der Waals surface area contributed by atoms with E-state index in [1.807, 2.05) is 44.0 Å². The molecule has 1 amide bonds. The van der Waals surface area contributed by atoms with Gasteiger partial charge >= 0.3 is 6.09 Å². The van der Waals surface area contributed by atoms with Gasteiger partial charge in [0.05, 0.1) is 11.9 Å². The fourth-order valence-electron chi connectivity index (χ4n) is 3.56. The number of nitrogen functional groups attached to an aromatic ring is 1. The van der Waals surface area contributed by atoms with Gasteiger partial charge in [-0.15, -0.1) is 0 Å². The van der Waals surface area contributed by atoms with Crippen LogP contribution in [0.25, 0.3) is 0 Å². The number of piperidine rings is 1. The highest BCUT2D eigenvalue weighted by Gasteiger charge is 2.46. The van der Waals surface area contributed by atoms with Crippen LogP contribution < -0.4 is 10.6 Å². The lowest BCUT2D eigenvalue weighted by atomic mass is 9.88. The van der Waals surface area contributed by atoms with Gasteiger partial charge in [0, 0.05) is 25.7 Å². The summed E-state index contributed by atoms with van der Waals surface area (Å²) < 4.78 is 5.53. The topological polar surface area (TPSA) is 71.7 Å². The van der Waals surface area contributed by atoms with E-state index in [1.54, 1.807) is 0 Å². The summed E-state index contributed by atoms with van der Waals surface area (Å²) in [5.74, 6) is 1.53. The van der Waals surface area contributed by atoms with Crippen LogP contribution in [0, 0.1) is 11.8 Å². The largest absolute Gasteiger partial charge is 0.444 e. The molecule has 1 aromatic rings. The summed E-state index contributed by atoms with van der Waals surface area (Å²) in [6.45, 7) is 10.4. The van der Waals surface area contributed by atoms with E-state index in [0.717, 1.165) is 18.8 Å². The first-order chi connectivity index (χ1) is 10.7. The van der Waals surface area contributed by atoms with Crippen LogP contribution in [0.15, 0.2) is 18.3 Å². The normalized spacial score (nSPS) is 27.2. The minimum absolute atomic E-state index is 0.211. The van der Waals surface area contributed by atoms with Crippen LogP contribution >= 0.6 is 0 Å². The first-order valence-corrected chi connectivity index (χ1v) is 8.21. The summed E-state index contributed by atoms with van der Waals surface area (Å²) in [4.78, 5) is 20.8. The van der Waals surface area contributed by atoms with Gasteiger partial charge < -0.3 is 20.3 Å². The van der Waals surface area contributed by atoms with E-state index < -0.39 is 5.60 Å². The van der Waals surface area contributed by atoms with Crippen molar-refractivity contribution in [1.29, 1.82) is 0 Å². The molecule has 1 aromatic heterocycles. The van der Waals surface area contributed by atoms with E-state index in [4.69, 9.17) is 10.5 Å². The van der Waals surface area contributed by atoms with Crippen LogP contribution in [-0.4, -0.2) is 47.3 Å². The summed E-state index contributed by atoms with van der Waals surface area (Å²) in [5.41, 5.74) is 6.30. The maximum Gasteiger partial charge on any atom is 0.410 e. The molecule has 2 bridgehead atoms. The molecular weight excluding hydrogens is 292 g/mol. The van der Waals surface area contributed by atoms with Crippen molar-refractivity contribution in [1.82, 2.24) is 9.88 Å². The van der Waals surface area contributed by atoms with Crippen molar-refractivity contribution in [2.75, 3.05) is 30.3 Å². The van der Waals surface area contributed by atoms with Gasteiger partial charge in [0.25, 0.3) is 0 Å². The number of nitrogens with two attached hydrogens (primary N) is 1. The molecule has 3 heterocycles. The minimum atomic E-state index is -0.459. The van der Waals surface area contributed by atoms with Gasteiger partial charge in [-0.2, -0.15) is 0 Å². The van der Waals surface area contributed by atoms with Gasteiger partial charge in [-0.1, -0.05) is 6.92 Å². The zero-order chi connectivity index (χ0) is 16.8. The number of fused-ring (bicyclic) bond motifs is 2. The average molecular weight is 318 g/mol. The van der Waals surface area contributed by atoms with Crippen molar-refractivity contribution in [3.63, 3.8) is 0 Å². The van der Waals surface area contributed by atoms with Crippen molar-refractivity contribution in [2.45, 2.75) is 39.3 Å². The number of ether oxygens (including phenoxy) is 1. The molecule has 2 aliphatic rings. The molecule has 2 aliphatic heterocycles. The number of pyridine rings is 1. The number of carbonyl (C=O) groups is 1. The summed E-state index contributed by atoms with van der Waals surface area (Å²) in [6.07, 6.45) is 1.61. The zero-order valence-electron chi connectivity index (χ0n) is 14.3. The number of hydrogen-bond acceptors (Lipinski definition) is 5. The standard InChI is InChI=1S/C17H26N4O2/c1-11-12-8-20(16(22)23-17(2,3)4)10-14(11)21(9-12)13-5-6-15(18)19-7-13/h5-7,11-12,14H,8-10H2,1-4H3,(H2,18,19). The predicted molar refractivity (Wildman–Crippen MR) is 90.2 cm³/mol. The maximum absolute atomic E-state index is 12.4. The van der Waals surface area contributed by atoms with Crippen LogP contribution in [0.2, 0.25) is 0 Å².